The van der Waals surface area contributed by atoms with E-state index >= 15 is 0 Å². The summed E-state index contributed by atoms with van der Waals surface area (Å²) in [7, 11) is 0. The molecule has 0 aliphatic carbocycles. The van der Waals surface area contributed by atoms with Crippen molar-refractivity contribution in [3.8, 4) is 0 Å². The third-order valence-electron chi connectivity index (χ3n) is 1.69. The van der Waals surface area contributed by atoms with E-state index < -0.39 is 34.7 Å². The van der Waals surface area contributed by atoms with Gasteiger partial charge in [0, 0.05) is 11.8 Å². The highest BCUT2D eigenvalue weighted by Crippen LogP contribution is 2.38. The molecule has 0 aliphatic heterocycles. The lowest BCUT2D eigenvalue weighted by Gasteiger charge is -2.13. The topological polar surface area (TPSA) is 30.0 Å². The van der Waals surface area contributed by atoms with Crippen molar-refractivity contribution in [1.29, 1.82) is 0 Å². The second kappa shape index (κ2) is 4.32. The fourth-order valence-electron chi connectivity index (χ4n) is 1.11. The lowest BCUT2D eigenvalue weighted by molar-refractivity contribution is -0.140. The Morgan fingerprint density at radius 3 is 2.31 bits per heavy atom. The summed E-state index contributed by atoms with van der Waals surface area (Å²) in [6.45, 7) is 0. The molecule has 1 rings (SSSR count). The van der Waals surface area contributed by atoms with Gasteiger partial charge in [-0.3, -0.25) is 9.78 Å². The minimum Gasteiger partial charge on any atom is -0.274 e. The summed E-state index contributed by atoms with van der Waals surface area (Å²) in [5.74, 6) is 0. The molecule has 0 unspecified atom stereocenters. The van der Waals surface area contributed by atoms with Crippen LogP contribution in [-0.4, -0.2) is 10.2 Å². The summed E-state index contributed by atoms with van der Waals surface area (Å²) in [5, 5.41) is -1.53. The van der Waals surface area contributed by atoms with Crippen molar-refractivity contribution in [2.45, 2.75) is 12.6 Å². The fourth-order valence-corrected chi connectivity index (χ4v) is 1.25. The molecule has 0 spiro atoms. The first-order valence-electron chi connectivity index (χ1n) is 3.79. The minimum atomic E-state index is -5.11. The van der Waals surface area contributed by atoms with E-state index in [1.807, 2.05) is 0 Å². The third kappa shape index (κ3) is 2.46. The predicted octanol–water partition coefficient (Wildman–Crippen LogP) is 3.42. The summed E-state index contributed by atoms with van der Waals surface area (Å²) in [6, 6.07) is 0.497. The maximum absolute atomic E-state index is 12.4. The molecule has 1 heterocycles. The van der Waals surface area contributed by atoms with Crippen molar-refractivity contribution in [3.63, 3.8) is 0 Å². The summed E-state index contributed by atoms with van der Waals surface area (Å²) < 4.78 is 62.0. The molecule has 0 saturated carbocycles. The average Bonchev–Trinajstić information content (AvgIpc) is 2.15. The van der Waals surface area contributed by atoms with Crippen LogP contribution >= 0.6 is 11.6 Å². The van der Waals surface area contributed by atoms with E-state index in [2.05, 4.69) is 4.98 Å². The molecule has 8 heteroatoms. The van der Waals surface area contributed by atoms with Crippen LogP contribution in [0.1, 0.15) is 28.0 Å². The van der Waals surface area contributed by atoms with Crippen LogP contribution in [0.15, 0.2) is 12.3 Å². The predicted molar refractivity (Wildman–Crippen MR) is 44.4 cm³/mol. The standard InChI is InChI=1S/C8H3ClF5NO/c9-6(16)5-4(8(12,13)14)3(7(10)11)1-2-15-5/h1-2,7H. The Hall–Kier alpha value is -1.24. The zero-order valence-corrected chi connectivity index (χ0v) is 8.11. The van der Waals surface area contributed by atoms with E-state index in [9.17, 15) is 26.7 Å². The number of halogens is 6. The molecule has 2 nitrogen and oxygen atoms in total. The van der Waals surface area contributed by atoms with Crippen molar-refractivity contribution in [3.05, 3.63) is 29.1 Å². The second-order valence-electron chi connectivity index (χ2n) is 2.70. The molecule has 0 aliphatic rings. The number of carbonyl (C=O) groups excluding carboxylic acids is 1. The molecule has 0 saturated heterocycles. The van der Waals surface area contributed by atoms with Crippen LogP contribution < -0.4 is 0 Å². The van der Waals surface area contributed by atoms with Gasteiger partial charge < -0.3 is 0 Å². The maximum Gasteiger partial charge on any atom is 0.419 e. The Bertz CT molecular complexity index is 417. The monoisotopic (exact) mass is 259 g/mol. The van der Waals surface area contributed by atoms with Gasteiger partial charge in [0.25, 0.3) is 11.7 Å². The lowest BCUT2D eigenvalue weighted by Crippen LogP contribution is -2.16. The van der Waals surface area contributed by atoms with Crippen LogP contribution in [0.3, 0.4) is 0 Å². The summed E-state index contributed by atoms with van der Waals surface area (Å²) in [4.78, 5) is 13.7. The van der Waals surface area contributed by atoms with E-state index in [1.165, 1.54) is 0 Å². The molecular weight excluding hydrogens is 257 g/mol. The van der Waals surface area contributed by atoms with Crippen LogP contribution in [0, 0.1) is 0 Å². The van der Waals surface area contributed by atoms with E-state index in [0.29, 0.717) is 12.3 Å². The van der Waals surface area contributed by atoms with Crippen molar-refractivity contribution < 1.29 is 26.7 Å². The first-order valence-corrected chi connectivity index (χ1v) is 4.17. The van der Waals surface area contributed by atoms with Crippen molar-refractivity contribution in [2.24, 2.45) is 0 Å². The van der Waals surface area contributed by atoms with Crippen molar-refractivity contribution in [2.75, 3.05) is 0 Å². The van der Waals surface area contributed by atoms with Gasteiger partial charge in [-0.2, -0.15) is 13.2 Å². The van der Waals surface area contributed by atoms with Crippen LogP contribution in [0.25, 0.3) is 0 Å². The van der Waals surface area contributed by atoms with Gasteiger partial charge in [0.1, 0.15) is 5.69 Å². The number of hydrogen-bond donors (Lipinski definition) is 0. The van der Waals surface area contributed by atoms with Gasteiger partial charge in [-0.1, -0.05) is 0 Å². The number of pyridine rings is 1. The largest absolute Gasteiger partial charge is 0.419 e. The Labute approximate surface area is 91.0 Å². The minimum absolute atomic E-state index is 0.497. The highest BCUT2D eigenvalue weighted by Gasteiger charge is 2.40. The van der Waals surface area contributed by atoms with Gasteiger partial charge in [0.05, 0.1) is 5.56 Å². The van der Waals surface area contributed by atoms with Crippen molar-refractivity contribution in [1.82, 2.24) is 4.98 Å². The summed E-state index contributed by atoms with van der Waals surface area (Å²) in [5.41, 5.74) is -4.32. The van der Waals surface area contributed by atoms with E-state index in [4.69, 9.17) is 11.6 Å². The van der Waals surface area contributed by atoms with E-state index in [0.717, 1.165) is 0 Å². The molecule has 0 atom stereocenters. The zero-order chi connectivity index (χ0) is 12.5. The zero-order valence-electron chi connectivity index (χ0n) is 7.36. The molecule has 16 heavy (non-hydrogen) atoms. The molecule has 0 amide bonds. The van der Waals surface area contributed by atoms with Crippen LogP contribution in [0.2, 0.25) is 0 Å². The highest BCUT2D eigenvalue weighted by atomic mass is 35.5. The number of hydrogen-bond acceptors (Lipinski definition) is 2. The molecule has 1 aromatic heterocycles. The van der Waals surface area contributed by atoms with Gasteiger partial charge in [-0.05, 0) is 17.7 Å². The number of carbonyl (C=O) groups is 1. The Balaban J connectivity index is 3.54. The number of aromatic nitrogens is 1. The highest BCUT2D eigenvalue weighted by molar-refractivity contribution is 6.67. The van der Waals surface area contributed by atoms with Gasteiger partial charge in [-0.25, -0.2) is 8.78 Å². The van der Waals surface area contributed by atoms with Crippen molar-refractivity contribution >= 4 is 16.8 Å². The number of alkyl halides is 5. The molecule has 88 valence electrons. The van der Waals surface area contributed by atoms with Crippen LogP contribution in [0.4, 0.5) is 22.0 Å². The second-order valence-corrected chi connectivity index (χ2v) is 3.04. The fraction of sp³-hybridized carbons (Fsp3) is 0.250. The number of nitrogens with zero attached hydrogens (tertiary/aromatic N) is 1. The Morgan fingerprint density at radius 1 is 1.38 bits per heavy atom. The molecule has 0 N–H and O–H groups in total. The van der Waals surface area contributed by atoms with Gasteiger partial charge >= 0.3 is 6.18 Å². The number of rotatable bonds is 2. The van der Waals surface area contributed by atoms with Crippen LogP contribution in [-0.2, 0) is 6.18 Å². The maximum atomic E-state index is 12.4. The lowest BCUT2D eigenvalue weighted by atomic mass is 10.1. The first kappa shape index (κ1) is 12.8. The van der Waals surface area contributed by atoms with E-state index in [-0.39, 0.29) is 0 Å². The summed E-state index contributed by atoms with van der Waals surface area (Å²) >= 11 is 4.84. The quantitative estimate of drug-likeness (QED) is 0.602. The van der Waals surface area contributed by atoms with Gasteiger partial charge in [-0.15, -0.1) is 0 Å². The molecule has 0 radical (unpaired) electrons. The molecule has 0 aromatic carbocycles. The molecule has 1 aromatic rings. The first-order chi connectivity index (χ1) is 7.25. The normalized spacial score (nSPS) is 11.9. The Morgan fingerprint density at radius 2 is 1.94 bits per heavy atom. The van der Waals surface area contributed by atoms with E-state index in [1.54, 1.807) is 0 Å². The average molecular weight is 260 g/mol. The molecular formula is C8H3ClF5NO. The Kier molecular flexibility index (Phi) is 3.47. The smallest absolute Gasteiger partial charge is 0.274 e. The SMILES string of the molecule is O=C(Cl)c1nccc(C(F)F)c1C(F)(F)F. The molecule has 0 fully saturated rings. The van der Waals surface area contributed by atoms with Crippen LogP contribution in [0.5, 0.6) is 0 Å². The van der Waals surface area contributed by atoms with Gasteiger partial charge in [0.2, 0.25) is 0 Å². The third-order valence-corrected chi connectivity index (χ3v) is 1.87. The summed E-state index contributed by atoms with van der Waals surface area (Å²) in [6.07, 6.45) is -7.80. The molecule has 0 bridgehead atoms. The van der Waals surface area contributed by atoms with Gasteiger partial charge in [0.15, 0.2) is 0 Å².